The van der Waals surface area contributed by atoms with Crippen molar-refractivity contribution in [3.63, 3.8) is 0 Å². The predicted molar refractivity (Wildman–Crippen MR) is 50.0 cm³/mol. The highest BCUT2D eigenvalue weighted by Gasteiger charge is 2.02. The molecule has 0 aliphatic carbocycles. The molecule has 1 aromatic rings. The van der Waals surface area contributed by atoms with Crippen LogP contribution in [0.15, 0.2) is 29.4 Å². The number of rotatable bonds is 2. The average Bonchev–Trinajstić information content (AvgIpc) is 2.14. The van der Waals surface area contributed by atoms with Crippen molar-refractivity contribution in [2.24, 2.45) is 5.16 Å². The smallest absolute Gasteiger partial charge is 0.186 e. The van der Waals surface area contributed by atoms with Crippen LogP contribution in [0.3, 0.4) is 0 Å². The average molecular weight is 175 g/mol. The second-order valence-electron chi connectivity index (χ2n) is 2.36. The molecule has 4 heteroatoms. The summed E-state index contributed by atoms with van der Waals surface area (Å²) in [4.78, 5) is 4.51. The SMILES string of the molecule is CO/N=C(\C#N)c1cccc(N)c1. The zero-order valence-corrected chi connectivity index (χ0v) is 7.19. The van der Waals surface area contributed by atoms with Crippen molar-refractivity contribution in [2.75, 3.05) is 12.8 Å². The largest absolute Gasteiger partial charge is 0.399 e. The Morgan fingerprint density at radius 3 is 2.92 bits per heavy atom. The summed E-state index contributed by atoms with van der Waals surface area (Å²) in [6, 6.07) is 8.83. The van der Waals surface area contributed by atoms with Gasteiger partial charge in [0.1, 0.15) is 13.2 Å². The molecule has 0 unspecified atom stereocenters. The van der Waals surface area contributed by atoms with Crippen LogP contribution in [0.5, 0.6) is 0 Å². The molecule has 0 bridgehead atoms. The van der Waals surface area contributed by atoms with Crippen LogP contribution in [-0.4, -0.2) is 12.8 Å². The van der Waals surface area contributed by atoms with E-state index < -0.39 is 0 Å². The molecule has 0 aliphatic heterocycles. The van der Waals surface area contributed by atoms with E-state index in [0.29, 0.717) is 11.3 Å². The van der Waals surface area contributed by atoms with Gasteiger partial charge in [-0.25, -0.2) is 0 Å². The lowest BCUT2D eigenvalue weighted by Gasteiger charge is -1.98. The molecule has 4 nitrogen and oxygen atoms in total. The Hall–Kier alpha value is -2.02. The van der Waals surface area contributed by atoms with Crippen LogP contribution in [0.2, 0.25) is 0 Å². The summed E-state index contributed by atoms with van der Waals surface area (Å²) in [6.07, 6.45) is 0. The van der Waals surface area contributed by atoms with Crippen molar-refractivity contribution < 1.29 is 4.84 Å². The van der Waals surface area contributed by atoms with Gasteiger partial charge in [-0.1, -0.05) is 17.3 Å². The molecule has 0 atom stereocenters. The van der Waals surface area contributed by atoms with E-state index in [2.05, 4.69) is 9.99 Å². The molecule has 0 fully saturated rings. The summed E-state index contributed by atoms with van der Waals surface area (Å²) in [5.74, 6) is 0. The maximum Gasteiger partial charge on any atom is 0.186 e. The van der Waals surface area contributed by atoms with Crippen molar-refractivity contribution in [3.05, 3.63) is 29.8 Å². The fourth-order valence-corrected chi connectivity index (χ4v) is 0.915. The number of oxime groups is 1. The number of hydrogen-bond acceptors (Lipinski definition) is 4. The van der Waals surface area contributed by atoms with Crippen LogP contribution in [0.1, 0.15) is 5.56 Å². The first-order valence-electron chi connectivity index (χ1n) is 3.65. The standard InChI is InChI=1S/C9H9N3O/c1-13-12-9(6-10)7-3-2-4-8(11)5-7/h2-5H,11H2,1H3/b12-9+. The molecule has 0 saturated heterocycles. The van der Waals surface area contributed by atoms with Crippen molar-refractivity contribution in [2.45, 2.75) is 0 Å². The zero-order valence-electron chi connectivity index (χ0n) is 7.19. The van der Waals surface area contributed by atoms with E-state index in [4.69, 9.17) is 11.0 Å². The molecule has 0 amide bonds. The highest BCUT2D eigenvalue weighted by Crippen LogP contribution is 2.07. The summed E-state index contributed by atoms with van der Waals surface area (Å²) in [6.45, 7) is 0. The third-order valence-corrected chi connectivity index (χ3v) is 1.45. The van der Waals surface area contributed by atoms with E-state index in [9.17, 15) is 0 Å². The van der Waals surface area contributed by atoms with Gasteiger partial charge in [0.25, 0.3) is 0 Å². The number of nitrogens with two attached hydrogens (primary N) is 1. The van der Waals surface area contributed by atoms with E-state index in [1.54, 1.807) is 24.3 Å². The maximum atomic E-state index is 8.70. The molecular formula is C9H9N3O. The molecule has 0 radical (unpaired) electrons. The lowest BCUT2D eigenvalue weighted by Crippen LogP contribution is -1.98. The number of benzene rings is 1. The van der Waals surface area contributed by atoms with Crippen molar-refractivity contribution in [1.29, 1.82) is 5.26 Å². The molecular weight excluding hydrogens is 166 g/mol. The maximum absolute atomic E-state index is 8.70. The number of nitrogen functional groups attached to an aromatic ring is 1. The van der Waals surface area contributed by atoms with Gasteiger partial charge in [-0.2, -0.15) is 5.26 Å². The van der Waals surface area contributed by atoms with Crippen LogP contribution in [-0.2, 0) is 4.84 Å². The van der Waals surface area contributed by atoms with Gasteiger partial charge in [0, 0.05) is 11.3 Å². The lowest BCUT2D eigenvalue weighted by molar-refractivity contribution is 0.214. The minimum Gasteiger partial charge on any atom is -0.399 e. The first-order chi connectivity index (χ1) is 6.27. The van der Waals surface area contributed by atoms with Crippen LogP contribution >= 0.6 is 0 Å². The second kappa shape index (κ2) is 4.12. The van der Waals surface area contributed by atoms with Gasteiger partial charge in [-0.3, -0.25) is 0 Å². The summed E-state index contributed by atoms with van der Waals surface area (Å²) in [5, 5.41) is 12.3. The van der Waals surface area contributed by atoms with Crippen LogP contribution in [0.25, 0.3) is 0 Å². The Morgan fingerprint density at radius 2 is 2.38 bits per heavy atom. The Labute approximate surface area is 76.2 Å². The van der Waals surface area contributed by atoms with Gasteiger partial charge in [-0.05, 0) is 12.1 Å². The van der Waals surface area contributed by atoms with E-state index in [0.717, 1.165) is 0 Å². The zero-order chi connectivity index (χ0) is 9.68. The molecule has 1 rings (SSSR count). The summed E-state index contributed by atoms with van der Waals surface area (Å²) < 4.78 is 0. The molecule has 0 aromatic heterocycles. The first-order valence-corrected chi connectivity index (χ1v) is 3.65. The van der Waals surface area contributed by atoms with Gasteiger partial charge < -0.3 is 10.6 Å². The fourth-order valence-electron chi connectivity index (χ4n) is 0.915. The number of nitriles is 1. The normalized spacial score (nSPS) is 10.6. The van der Waals surface area contributed by atoms with E-state index in [-0.39, 0.29) is 5.71 Å². The Morgan fingerprint density at radius 1 is 1.62 bits per heavy atom. The van der Waals surface area contributed by atoms with Gasteiger partial charge in [-0.15, -0.1) is 0 Å². The summed E-state index contributed by atoms with van der Waals surface area (Å²) >= 11 is 0. The molecule has 66 valence electrons. The topological polar surface area (TPSA) is 71.4 Å². The number of hydrogen-bond donors (Lipinski definition) is 1. The van der Waals surface area contributed by atoms with Gasteiger partial charge in [0.15, 0.2) is 5.71 Å². The molecule has 13 heavy (non-hydrogen) atoms. The van der Waals surface area contributed by atoms with Gasteiger partial charge in [0.05, 0.1) is 0 Å². The Balaban J connectivity index is 3.07. The Bertz CT molecular complexity index is 365. The van der Waals surface area contributed by atoms with Gasteiger partial charge in [0.2, 0.25) is 0 Å². The van der Waals surface area contributed by atoms with Crippen molar-refractivity contribution in [1.82, 2.24) is 0 Å². The predicted octanol–water partition coefficient (Wildman–Crippen LogP) is 1.14. The van der Waals surface area contributed by atoms with Crippen LogP contribution in [0, 0.1) is 11.3 Å². The number of anilines is 1. The highest BCUT2D eigenvalue weighted by molar-refractivity contribution is 6.11. The molecule has 2 N–H and O–H groups in total. The minimum absolute atomic E-state index is 0.217. The Kier molecular flexibility index (Phi) is 2.87. The third-order valence-electron chi connectivity index (χ3n) is 1.45. The van der Waals surface area contributed by atoms with E-state index >= 15 is 0 Å². The van der Waals surface area contributed by atoms with Gasteiger partial charge >= 0.3 is 0 Å². The minimum atomic E-state index is 0.217. The number of nitrogens with zero attached hydrogens (tertiary/aromatic N) is 2. The molecule has 0 saturated carbocycles. The molecule has 0 aliphatic rings. The van der Waals surface area contributed by atoms with Crippen molar-refractivity contribution >= 4 is 11.4 Å². The van der Waals surface area contributed by atoms with Crippen LogP contribution in [0.4, 0.5) is 5.69 Å². The fraction of sp³-hybridized carbons (Fsp3) is 0.111. The summed E-state index contributed by atoms with van der Waals surface area (Å²) in [7, 11) is 1.39. The summed E-state index contributed by atoms with van der Waals surface area (Å²) in [5.41, 5.74) is 7.01. The third kappa shape index (κ3) is 2.20. The quantitative estimate of drug-likeness (QED) is 0.416. The molecule has 0 heterocycles. The monoisotopic (exact) mass is 175 g/mol. The molecule has 0 spiro atoms. The highest BCUT2D eigenvalue weighted by atomic mass is 16.6. The van der Waals surface area contributed by atoms with E-state index in [1.165, 1.54) is 7.11 Å². The lowest BCUT2D eigenvalue weighted by atomic mass is 10.1. The molecule has 1 aromatic carbocycles. The van der Waals surface area contributed by atoms with Crippen molar-refractivity contribution in [3.8, 4) is 6.07 Å². The van der Waals surface area contributed by atoms with E-state index in [1.807, 2.05) is 6.07 Å². The second-order valence-corrected chi connectivity index (χ2v) is 2.36. The first kappa shape index (κ1) is 9.07. The van der Waals surface area contributed by atoms with Crippen LogP contribution < -0.4 is 5.73 Å².